The van der Waals surface area contributed by atoms with Crippen molar-refractivity contribution in [3.05, 3.63) is 29.3 Å². The van der Waals surface area contributed by atoms with Crippen LogP contribution < -0.4 is 5.73 Å². The van der Waals surface area contributed by atoms with Gasteiger partial charge in [0.1, 0.15) is 0 Å². The molecule has 1 heterocycles. The minimum absolute atomic E-state index is 0.204. The van der Waals surface area contributed by atoms with Gasteiger partial charge in [0.25, 0.3) is 0 Å². The Morgan fingerprint density at radius 1 is 1.50 bits per heavy atom. The van der Waals surface area contributed by atoms with Crippen LogP contribution in [0.3, 0.4) is 0 Å². The molecule has 0 aromatic heterocycles. The number of rotatable bonds is 1. The van der Waals surface area contributed by atoms with Gasteiger partial charge >= 0.3 is 0 Å². The molecule has 0 radical (unpaired) electrons. The van der Waals surface area contributed by atoms with Crippen molar-refractivity contribution >= 4 is 9.84 Å². The highest BCUT2D eigenvalue weighted by Crippen LogP contribution is 2.31. The summed E-state index contributed by atoms with van der Waals surface area (Å²) in [6.07, 6.45) is 0.565. The molecule has 3 nitrogen and oxygen atoms in total. The highest BCUT2D eigenvalue weighted by molar-refractivity contribution is 7.92. The van der Waals surface area contributed by atoms with Crippen molar-refractivity contribution in [3.63, 3.8) is 0 Å². The van der Waals surface area contributed by atoms with Gasteiger partial charge < -0.3 is 5.73 Å². The Hall–Kier alpha value is -0.870. The molecule has 1 aromatic carbocycles. The molecular weight excluding hydrogens is 198 g/mol. The van der Waals surface area contributed by atoms with Crippen molar-refractivity contribution in [3.8, 4) is 0 Å². The van der Waals surface area contributed by atoms with Crippen molar-refractivity contribution in [2.75, 3.05) is 6.54 Å². The standard InChI is InChI=1S/C10H13NO2S/c1-7-2-3-10-8(4-7)5-9(6-11)14(10,12)13/h2-4,9H,5-6,11H2,1H3. The molecule has 1 aliphatic rings. The average molecular weight is 211 g/mol. The zero-order valence-electron chi connectivity index (χ0n) is 8.03. The second-order valence-electron chi connectivity index (χ2n) is 3.72. The third-order valence-corrected chi connectivity index (χ3v) is 4.92. The van der Waals surface area contributed by atoms with E-state index in [-0.39, 0.29) is 6.54 Å². The van der Waals surface area contributed by atoms with E-state index >= 15 is 0 Å². The van der Waals surface area contributed by atoms with E-state index in [1.807, 2.05) is 19.1 Å². The van der Waals surface area contributed by atoms with Gasteiger partial charge in [-0.1, -0.05) is 17.7 Å². The summed E-state index contributed by atoms with van der Waals surface area (Å²) in [5.41, 5.74) is 7.46. The summed E-state index contributed by atoms with van der Waals surface area (Å²) in [7, 11) is -3.14. The van der Waals surface area contributed by atoms with Gasteiger partial charge in [0.15, 0.2) is 9.84 Å². The molecule has 0 spiro atoms. The van der Waals surface area contributed by atoms with Gasteiger partial charge in [-0.3, -0.25) is 0 Å². The predicted molar refractivity (Wildman–Crippen MR) is 54.9 cm³/mol. The molecule has 0 saturated heterocycles. The summed E-state index contributed by atoms with van der Waals surface area (Å²) >= 11 is 0. The molecular formula is C10H13NO2S. The topological polar surface area (TPSA) is 60.2 Å². The Morgan fingerprint density at radius 2 is 2.21 bits per heavy atom. The number of benzene rings is 1. The molecule has 1 unspecified atom stereocenters. The van der Waals surface area contributed by atoms with Gasteiger partial charge in [0.05, 0.1) is 10.1 Å². The highest BCUT2D eigenvalue weighted by Gasteiger charge is 2.35. The zero-order valence-corrected chi connectivity index (χ0v) is 8.84. The van der Waals surface area contributed by atoms with Gasteiger partial charge in [0.2, 0.25) is 0 Å². The molecule has 2 rings (SSSR count). The van der Waals surface area contributed by atoms with E-state index in [9.17, 15) is 8.42 Å². The number of hydrogen-bond donors (Lipinski definition) is 1. The molecule has 0 fully saturated rings. The van der Waals surface area contributed by atoms with Gasteiger partial charge in [-0.15, -0.1) is 0 Å². The summed E-state index contributed by atoms with van der Waals surface area (Å²) < 4.78 is 23.7. The summed E-state index contributed by atoms with van der Waals surface area (Å²) in [6, 6.07) is 5.45. The fraction of sp³-hybridized carbons (Fsp3) is 0.400. The molecule has 0 saturated carbocycles. The lowest BCUT2D eigenvalue weighted by Gasteiger charge is -2.03. The Kier molecular flexibility index (Phi) is 2.12. The Balaban J connectivity index is 2.60. The molecule has 0 aliphatic carbocycles. The van der Waals surface area contributed by atoms with Crippen LogP contribution in [0.4, 0.5) is 0 Å². The largest absolute Gasteiger partial charge is 0.329 e. The summed E-state index contributed by atoms with van der Waals surface area (Å²) in [5, 5.41) is -0.417. The third kappa shape index (κ3) is 1.26. The summed E-state index contributed by atoms with van der Waals surface area (Å²) in [6.45, 7) is 2.17. The van der Waals surface area contributed by atoms with Crippen LogP contribution in [0, 0.1) is 6.92 Å². The van der Waals surface area contributed by atoms with Crippen LogP contribution in [0.5, 0.6) is 0 Å². The first-order valence-electron chi connectivity index (χ1n) is 4.59. The van der Waals surface area contributed by atoms with Crippen LogP contribution in [-0.4, -0.2) is 20.2 Å². The second-order valence-corrected chi connectivity index (χ2v) is 5.91. The van der Waals surface area contributed by atoms with Crippen molar-refractivity contribution in [1.29, 1.82) is 0 Å². The van der Waals surface area contributed by atoms with Crippen molar-refractivity contribution in [1.82, 2.24) is 0 Å². The fourth-order valence-corrected chi connectivity index (χ4v) is 3.67. The van der Waals surface area contributed by atoms with Crippen molar-refractivity contribution < 1.29 is 8.42 Å². The minimum Gasteiger partial charge on any atom is -0.329 e. The van der Waals surface area contributed by atoms with E-state index < -0.39 is 15.1 Å². The minimum atomic E-state index is -3.14. The Labute approximate surface area is 83.9 Å². The molecule has 76 valence electrons. The summed E-state index contributed by atoms with van der Waals surface area (Å²) in [4.78, 5) is 0.471. The van der Waals surface area contributed by atoms with E-state index in [4.69, 9.17) is 5.73 Å². The van der Waals surface area contributed by atoms with E-state index in [0.717, 1.165) is 11.1 Å². The normalized spacial score (nSPS) is 23.4. The van der Waals surface area contributed by atoms with E-state index in [1.54, 1.807) is 6.07 Å². The van der Waals surface area contributed by atoms with E-state index in [1.165, 1.54) is 0 Å². The number of nitrogens with two attached hydrogens (primary N) is 1. The zero-order chi connectivity index (χ0) is 10.3. The maximum absolute atomic E-state index is 11.8. The van der Waals surface area contributed by atoms with Crippen LogP contribution in [-0.2, 0) is 16.3 Å². The lowest BCUT2D eigenvalue weighted by molar-refractivity contribution is 0.587. The predicted octanol–water partition coefficient (Wildman–Crippen LogP) is 0.652. The number of hydrogen-bond acceptors (Lipinski definition) is 3. The fourth-order valence-electron chi connectivity index (χ4n) is 1.89. The average Bonchev–Trinajstić information content (AvgIpc) is 2.37. The van der Waals surface area contributed by atoms with Gasteiger partial charge in [0, 0.05) is 6.54 Å². The molecule has 4 heteroatoms. The van der Waals surface area contributed by atoms with Crippen LogP contribution in [0.2, 0.25) is 0 Å². The molecule has 1 aliphatic heterocycles. The quantitative estimate of drug-likeness (QED) is 0.742. The van der Waals surface area contributed by atoms with Gasteiger partial charge in [-0.05, 0) is 25.0 Å². The van der Waals surface area contributed by atoms with E-state index in [0.29, 0.717) is 11.3 Å². The lowest BCUT2D eigenvalue weighted by Crippen LogP contribution is -2.26. The molecule has 14 heavy (non-hydrogen) atoms. The molecule has 1 aromatic rings. The SMILES string of the molecule is Cc1ccc2c(c1)CC(CN)S2(=O)=O. The molecule has 2 N–H and O–H groups in total. The van der Waals surface area contributed by atoms with Gasteiger partial charge in [-0.2, -0.15) is 0 Å². The van der Waals surface area contributed by atoms with Crippen molar-refractivity contribution in [2.24, 2.45) is 5.73 Å². The monoisotopic (exact) mass is 211 g/mol. The third-order valence-electron chi connectivity index (χ3n) is 2.67. The second kappa shape index (κ2) is 3.07. The smallest absolute Gasteiger partial charge is 0.183 e. The number of fused-ring (bicyclic) bond motifs is 1. The van der Waals surface area contributed by atoms with Crippen LogP contribution >= 0.6 is 0 Å². The van der Waals surface area contributed by atoms with Crippen molar-refractivity contribution in [2.45, 2.75) is 23.5 Å². The summed E-state index contributed by atoms with van der Waals surface area (Å²) in [5.74, 6) is 0. The molecule has 1 atom stereocenters. The first-order valence-corrected chi connectivity index (χ1v) is 6.14. The Morgan fingerprint density at radius 3 is 2.86 bits per heavy atom. The molecule has 0 amide bonds. The Bertz CT molecular complexity index is 465. The number of aryl methyl sites for hydroxylation is 1. The maximum atomic E-state index is 11.8. The molecule has 0 bridgehead atoms. The van der Waals surface area contributed by atoms with Gasteiger partial charge in [-0.25, -0.2) is 8.42 Å². The highest BCUT2D eigenvalue weighted by atomic mass is 32.2. The van der Waals surface area contributed by atoms with Crippen LogP contribution in [0.1, 0.15) is 11.1 Å². The number of sulfone groups is 1. The van der Waals surface area contributed by atoms with E-state index in [2.05, 4.69) is 0 Å². The lowest BCUT2D eigenvalue weighted by atomic mass is 10.1. The maximum Gasteiger partial charge on any atom is 0.183 e. The first kappa shape index (κ1) is 9.68. The van der Waals surface area contributed by atoms with Crippen LogP contribution in [0.15, 0.2) is 23.1 Å². The van der Waals surface area contributed by atoms with Crippen LogP contribution in [0.25, 0.3) is 0 Å². The first-order chi connectivity index (χ1) is 6.55.